The van der Waals surface area contributed by atoms with E-state index < -0.39 is 17.4 Å². The second kappa shape index (κ2) is 14.7. The topological polar surface area (TPSA) is 128 Å². The SMILES string of the molecule is Cc1ccc(NC(=O)[C@H](CCCCN(C)C)NC(=O)C2(C(=O)NCCCCCN3C(=O)C=CC3=O)CCC2)cc1. The van der Waals surface area contributed by atoms with Crippen LogP contribution in [0.5, 0.6) is 0 Å². The fourth-order valence-electron chi connectivity index (χ4n) is 4.89. The molecule has 0 spiro atoms. The minimum atomic E-state index is -1.16. The molecule has 1 aromatic rings. The van der Waals surface area contributed by atoms with Gasteiger partial charge in [-0.2, -0.15) is 0 Å². The van der Waals surface area contributed by atoms with Gasteiger partial charge < -0.3 is 20.9 Å². The number of imide groups is 1. The number of anilines is 1. The van der Waals surface area contributed by atoms with Crippen molar-refractivity contribution in [2.45, 2.75) is 70.8 Å². The van der Waals surface area contributed by atoms with E-state index in [1.54, 1.807) is 0 Å². The molecule has 3 rings (SSSR count). The summed E-state index contributed by atoms with van der Waals surface area (Å²) in [7, 11) is 3.99. The standard InChI is InChI=1S/C30H43N5O5/c1-22-11-13-23(14-12-22)32-27(38)24(10-5-8-20-34(2)3)33-29(40)30(17-9-18-30)28(39)31-19-6-4-7-21-35-25(36)15-16-26(35)37/h11-16,24H,4-10,17-21H2,1-3H3,(H,31,39)(H,32,38)(H,33,40)/t24-/m0/s1. The molecule has 1 heterocycles. The molecule has 40 heavy (non-hydrogen) atoms. The van der Waals surface area contributed by atoms with Crippen molar-refractivity contribution in [1.29, 1.82) is 0 Å². The molecule has 0 radical (unpaired) electrons. The van der Waals surface area contributed by atoms with Crippen LogP contribution in [0.15, 0.2) is 36.4 Å². The minimum Gasteiger partial charge on any atom is -0.355 e. The van der Waals surface area contributed by atoms with Gasteiger partial charge in [-0.3, -0.25) is 28.9 Å². The molecule has 0 unspecified atom stereocenters. The van der Waals surface area contributed by atoms with Crippen LogP contribution in [0.4, 0.5) is 5.69 Å². The summed E-state index contributed by atoms with van der Waals surface area (Å²) in [5.41, 5.74) is 0.582. The number of nitrogens with one attached hydrogen (secondary N) is 3. The van der Waals surface area contributed by atoms with Crippen LogP contribution in [0.25, 0.3) is 0 Å². The summed E-state index contributed by atoms with van der Waals surface area (Å²) in [6, 6.07) is 6.74. The molecule has 10 nitrogen and oxygen atoms in total. The number of carbonyl (C=O) groups is 5. The highest BCUT2D eigenvalue weighted by Gasteiger charge is 2.51. The van der Waals surface area contributed by atoms with E-state index in [2.05, 4.69) is 20.9 Å². The van der Waals surface area contributed by atoms with Gasteiger partial charge in [0.15, 0.2) is 0 Å². The smallest absolute Gasteiger partial charge is 0.253 e. The van der Waals surface area contributed by atoms with Gasteiger partial charge in [-0.15, -0.1) is 0 Å². The Kier molecular flexibility index (Phi) is 11.4. The van der Waals surface area contributed by atoms with Crippen LogP contribution in [0.1, 0.15) is 63.4 Å². The third-order valence-electron chi connectivity index (χ3n) is 7.61. The average molecular weight is 554 g/mol. The molecule has 2 aliphatic rings. The number of benzene rings is 1. The van der Waals surface area contributed by atoms with E-state index in [9.17, 15) is 24.0 Å². The summed E-state index contributed by atoms with van der Waals surface area (Å²) < 4.78 is 0. The Balaban J connectivity index is 1.51. The van der Waals surface area contributed by atoms with Gasteiger partial charge in [-0.25, -0.2) is 0 Å². The van der Waals surface area contributed by atoms with Crippen LogP contribution in [0, 0.1) is 12.3 Å². The lowest BCUT2D eigenvalue weighted by Crippen LogP contribution is -2.58. The molecule has 0 saturated heterocycles. The van der Waals surface area contributed by atoms with E-state index >= 15 is 0 Å². The zero-order valence-electron chi connectivity index (χ0n) is 24.0. The van der Waals surface area contributed by atoms with E-state index in [0.29, 0.717) is 50.9 Å². The molecule has 5 amide bonds. The van der Waals surface area contributed by atoms with Crippen LogP contribution in [-0.2, 0) is 24.0 Å². The van der Waals surface area contributed by atoms with Crippen LogP contribution in [0.2, 0.25) is 0 Å². The van der Waals surface area contributed by atoms with Gasteiger partial charge in [0.25, 0.3) is 11.8 Å². The average Bonchev–Trinajstić information content (AvgIpc) is 3.20. The molecular weight excluding hydrogens is 510 g/mol. The van der Waals surface area contributed by atoms with E-state index in [1.807, 2.05) is 45.3 Å². The fraction of sp³-hybridized carbons (Fsp3) is 0.567. The van der Waals surface area contributed by atoms with Crippen LogP contribution < -0.4 is 16.0 Å². The third kappa shape index (κ3) is 8.48. The Labute approximate surface area is 236 Å². The Morgan fingerprint density at radius 2 is 1.60 bits per heavy atom. The van der Waals surface area contributed by atoms with Crippen molar-refractivity contribution in [3.05, 3.63) is 42.0 Å². The molecule has 1 aliphatic carbocycles. The summed E-state index contributed by atoms with van der Waals surface area (Å²) in [6.07, 6.45) is 8.37. The zero-order chi connectivity index (χ0) is 29.1. The number of carbonyl (C=O) groups excluding carboxylic acids is 5. The van der Waals surface area contributed by atoms with Crippen molar-refractivity contribution in [3.8, 4) is 0 Å². The summed E-state index contributed by atoms with van der Waals surface area (Å²) in [4.78, 5) is 66.3. The summed E-state index contributed by atoms with van der Waals surface area (Å²) in [5.74, 6) is -1.58. The van der Waals surface area contributed by atoms with Gasteiger partial charge >= 0.3 is 0 Å². The van der Waals surface area contributed by atoms with Gasteiger partial charge in [0.05, 0.1) is 0 Å². The first-order valence-electron chi connectivity index (χ1n) is 14.3. The molecular formula is C30H43N5O5. The van der Waals surface area contributed by atoms with Gasteiger partial charge in [-0.05, 0) is 91.1 Å². The maximum Gasteiger partial charge on any atom is 0.253 e. The van der Waals surface area contributed by atoms with Crippen LogP contribution in [-0.4, -0.2) is 79.1 Å². The molecule has 1 aliphatic heterocycles. The number of unbranched alkanes of at least 4 members (excludes halogenated alkanes) is 3. The number of amides is 5. The molecule has 218 valence electrons. The molecule has 3 N–H and O–H groups in total. The quantitative estimate of drug-likeness (QED) is 0.164. The second-order valence-electron chi connectivity index (χ2n) is 11.1. The number of hydrogen-bond acceptors (Lipinski definition) is 6. The van der Waals surface area contributed by atoms with Crippen molar-refractivity contribution in [3.63, 3.8) is 0 Å². The molecule has 1 saturated carbocycles. The largest absolute Gasteiger partial charge is 0.355 e. The summed E-state index contributed by atoms with van der Waals surface area (Å²) in [5, 5.41) is 8.72. The normalized spacial score (nSPS) is 16.6. The van der Waals surface area contributed by atoms with E-state index in [0.717, 1.165) is 37.8 Å². The Morgan fingerprint density at radius 1 is 0.925 bits per heavy atom. The second-order valence-corrected chi connectivity index (χ2v) is 11.1. The van der Waals surface area contributed by atoms with Crippen molar-refractivity contribution in [2.75, 3.05) is 39.0 Å². The predicted octanol–water partition coefficient (Wildman–Crippen LogP) is 2.53. The molecule has 0 aromatic heterocycles. The van der Waals surface area contributed by atoms with E-state index in [-0.39, 0.29) is 23.6 Å². The summed E-state index contributed by atoms with van der Waals surface area (Å²) in [6.45, 7) is 3.61. The van der Waals surface area contributed by atoms with Crippen molar-refractivity contribution < 1.29 is 24.0 Å². The highest BCUT2D eigenvalue weighted by Crippen LogP contribution is 2.41. The minimum absolute atomic E-state index is 0.290. The maximum atomic E-state index is 13.4. The molecule has 1 fully saturated rings. The number of nitrogens with zero attached hydrogens (tertiary/aromatic N) is 2. The third-order valence-corrected chi connectivity index (χ3v) is 7.61. The van der Waals surface area contributed by atoms with Crippen molar-refractivity contribution in [2.24, 2.45) is 5.41 Å². The molecule has 1 aromatic carbocycles. The lowest BCUT2D eigenvalue weighted by atomic mass is 9.67. The first-order valence-corrected chi connectivity index (χ1v) is 14.3. The number of rotatable bonds is 16. The van der Waals surface area contributed by atoms with Crippen LogP contribution >= 0.6 is 0 Å². The zero-order valence-corrected chi connectivity index (χ0v) is 24.0. The summed E-state index contributed by atoms with van der Waals surface area (Å²) >= 11 is 0. The first-order chi connectivity index (χ1) is 19.1. The molecule has 10 heteroatoms. The van der Waals surface area contributed by atoms with Gasteiger partial charge in [0, 0.05) is 30.9 Å². The Bertz CT molecular complexity index is 1080. The van der Waals surface area contributed by atoms with Gasteiger partial charge in [-0.1, -0.05) is 24.1 Å². The Morgan fingerprint density at radius 3 is 2.20 bits per heavy atom. The van der Waals surface area contributed by atoms with Crippen molar-refractivity contribution in [1.82, 2.24) is 20.4 Å². The first kappa shape index (κ1) is 31.0. The lowest BCUT2D eigenvalue weighted by Gasteiger charge is -2.39. The van der Waals surface area contributed by atoms with E-state index in [1.165, 1.54) is 17.1 Å². The van der Waals surface area contributed by atoms with Crippen LogP contribution in [0.3, 0.4) is 0 Å². The molecule has 1 atom stereocenters. The monoisotopic (exact) mass is 553 g/mol. The highest BCUT2D eigenvalue weighted by molar-refractivity contribution is 6.12. The number of hydrogen-bond donors (Lipinski definition) is 3. The highest BCUT2D eigenvalue weighted by atomic mass is 16.2. The maximum absolute atomic E-state index is 13.4. The van der Waals surface area contributed by atoms with Gasteiger partial charge in [0.1, 0.15) is 11.5 Å². The molecule has 0 bridgehead atoms. The van der Waals surface area contributed by atoms with Crippen molar-refractivity contribution >= 4 is 35.2 Å². The van der Waals surface area contributed by atoms with E-state index in [4.69, 9.17) is 0 Å². The predicted molar refractivity (Wildman–Crippen MR) is 153 cm³/mol. The number of aryl methyl sites for hydroxylation is 1. The van der Waals surface area contributed by atoms with Gasteiger partial charge in [0.2, 0.25) is 17.7 Å². The fourth-order valence-corrected chi connectivity index (χ4v) is 4.89. The Hall–Kier alpha value is -3.53. The lowest BCUT2D eigenvalue weighted by molar-refractivity contribution is -0.151.